The molecule has 0 spiro atoms. The first-order chi connectivity index (χ1) is 22.2. The Morgan fingerprint density at radius 2 is 1.81 bits per heavy atom. The van der Waals surface area contributed by atoms with Crippen molar-refractivity contribution in [2.24, 2.45) is 0 Å². The second kappa shape index (κ2) is 13.4. The van der Waals surface area contributed by atoms with Crippen molar-refractivity contribution in [2.75, 3.05) is 18.4 Å². The smallest absolute Gasteiger partial charge is 0.342 e. The SMILES string of the molecule is BC(B)(B)Oc1cc2ncnc(Nc3ccc(Oc4ccn(C(=O)NC(C)(C)C)n4)cc3F)c2cc1OC1CCN(C(=O)C=C)CC1. The summed E-state index contributed by atoms with van der Waals surface area (Å²) in [6.07, 6.45) is 5.32. The van der Waals surface area contributed by atoms with Crippen molar-refractivity contribution in [1.82, 2.24) is 30.0 Å². The van der Waals surface area contributed by atoms with Crippen molar-refractivity contribution >= 4 is 57.9 Å². The number of likely N-dealkylation sites (tertiary alicyclic amines) is 1. The summed E-state index contributed by atoms with van der Waals surface area (Å²) in [5, 5.41) is 10.1. The van der Waals surface area contributed by atoms with Gasteiger partial charge in [-0.1, -0.05) is 6.58 Å². The molecule has 1 aliphatic heterocycles. The van der Waals surface area contributed by atoms with Crippen LogP contribution in [-0.4, -0.2) is 90.2 Å². The summed E-state index contributed by atoms with van der Waals surface area (Å²) in [4.78, 5) is 35.0. The van der Waals surface area contributed by atoms with Gasteiger partial charge >= 0.3 is 6.03 Å². The number of hydrogen-bond donors (Lipinski definition) is 2. The standard InChI is InChI=1S/C31H37B3FN7O5/c1-5-27(43)41-11-8-18(9-12-41)45-24-15-20-23(16-25(24)47-31(32,33)34)36-17-37-28(20)38-22-7-6-19(14-21(22)35)46-26-10-13-42(40-26)29(44)39-30(2,3)4/h5-7,10,13-18H,1,8-9,11-12,32-34H2,2-4H3,(H,39,44)(H,36,37,38). The first-order valence-electron chi connectivity index (χ1n) is 15.4. The lowest BCUT2D eigenvalue weighted by molar-refractivity contribution is -0.127. The van der Waals surface area contributed by atoms with Gasteiger partial charge in [-0.25, -0.2) is 19.2 Å². The van der Waals surface area contributed by atoms with Gasteiger partial charge in [0.2, 0.25) is 11.8 Å². The van der Waals surface area contributed by atoms with Crippen LogP contribution in [0.1, 0.15) is 33.6 Å². The normalized spacial score (nSPS) is 14.0. The van der Waals surface area contributed by atoms with Gasteiger partial charge in [0.15, 0.2) is 11.5 Å². The Labute approximate surface area is 275 Å². The summed E-state index contributed by atoms with van der Waals surface area (Å²) >= 11 is 0. The molecular formula is C31H37B3FN7O5. The molecular weight excluding hydrogens is 602 g/mol. The van der Waals surface area contributed by atoms with Gasteiger partial charge in [-0.3, -0.25) is 4.79 Å². The van der Waals surface area contributed by atoms with Crippen LogP contribution >= 0.6 is 0 Å². The van der Waals surface area contributed by atoms with E-state index in [1.807, 2.05) is 44.3 Å². The number of hydrogen-bond acceptors (Lipinski definition) is 9. The molecule has 47 heavy (non-hydrogen) atoms. The van der Waals surface area contributed by atoms with E-state index < -0.39 is 22.7 Å². The van der Waals surface area contributed by atoms with E-state index in [-0.39, 0.29) is 29.3 Å². The van der Waals surface area contributed by atoms with Crippen molar-refractivity contribution in [3.8, 4) is 23.1 Å². The molecule has 0 saturated carbocycles. The van der Waals surface area contributed by atoms with Gasteiger partial charge in [-0.2, -0.15) is 4.68 Å². The van der Waals surface area contributed by atoms with E-state index in [2.05, 4.69) is 32.3 Å². The summed E-state index contributed by atoms with van der Waals surface area (Å²) in [5.74, 6) is 1.03. The predicted molar refractivity (Wildman–Crippen MR) is 185 cm³/mol. The molecule has 1 fully saturated rings. The highest BCUT2D eigenvalue weighted by Gasteiger charge is 2.26. The average Bonchev–Trinajstić information content (AvgIpc) is 3.46. The molecule has 4 aromatic rings. The van der Waals surface area contributed by atoms with Gasteiger partial charge in [0.1, 0.15) is 53.4 Å². The van der Waals surface area contributed by atoms with Crippen molar-refractivity contribution in [3.05, 3.63) is 67.4 Å². The zero-order chi connectivity index (χ0) is 33.9. The third kappa shape index (κ3) is 8.63. The molecule has 12 nitrogen and oxygen atoms in total. The molecule has 2 N–H and O–H groups in total. The van der Waals surface area contributed by atoms with Crippen LogP contribution in [0.3, 0.4) is 0 Å². The quantitative estimate of drug-likeness (QED) is 0.209. The minimum absolute atomic E-state index is 0.0954. The third-order valence-electron chi connectivity index (χ3n) is 7.01. The Morgan fingerprint density at radius 3 is 2.47 bits per heavy atom. The lowest BCUT2D eigenvalue weighted by Gasteiger charge is -2.32. The first-order valence-corrected chi connectivity index (χ1v) is 15.4. The van der Waals surface area contributed by atoms with Crippen LogP contribution in [0.15, 0.2) is 61.6 Å². The highest BCUT2D eigenvalue weighted by molar-refractivity contribution is 6.58. The van der Waals surface area contributed by atoms with Crippen LogP contribution in [0.25, 0.3) is 10.9 Å². The van der Waals surface area contributed by atoms with E-state index in [1.165, 1.54) is 36.8 Å². The lowest BCUT2D eigenvalue weighted by Crippen LogP contribution is -2.43. The van der Waals surface area contributed by atoms with Crippen LogP contribution in [0, 0.1) is 5.82 Å². The third-order valence-corrected chi connectivity index (χ3v) is 7.01. The Bertz CT molecular complexity index is 1800. The largest absolute Gasteiger partial charge is 0.510 e. The van der Waals surface area contributed by atoms with Crippen LogP contribution < -0.4 is 24.8 Å². The fourth-order valence-corrected chi connectivity index (χ4v) is 4.93. The fraction of sp³-hybridized carbons (Fsp3) is 0.323. The molecule has 1 saturated heterocycles. The minimum Gasteiger partial charge on any atom is -0.510 e. The summed E-state index contributed by atoms with van der Waals surface area (Å²) in [6, 6.07) is 9.00. The van der Waals surface area contributed by atoms with E-state index in [0.717, 1.165) is 4.68 Å². The van der Waals surface area contributed by atoms with Gasteiger partial charge in [-0.15, -0.1) is 5.10 Å². The summed E-state index contributed by atoms with van der Waals surface area (Å²) in [6.45, 7) is 10.3. The van der Waals surface area contributed by atoms with E-state index >= 15 is 4.39 Å². The van der Waals surface area contributed by atoms with Crippen LogP contribution in [-0.2, 0) is 4.79 Å². The lowest BCUT2D eigenvalue weighted by atomic mass is 9.52. The van der Waals surface area contributed by atoms with Crippen molar-refractivity contribution < 1.29 is 28.2 Å². The minimum atomic E-state index is -0.593. The molecule has 0 radical (unpaired) electrons. The number of halogens is 1. The highest BCUT2D eigenvalue weighted by Crippen LogP contribution is 2.38. The average molecular weight is 639 g/mol. The van der Waals surface area contributed by atoms with Crippen LogP contribution in [0.5, 0.6) is 23.1 Å². The van der Waals surface area contributed by atoms with E-state index in [1.54, 1.807) is 23.1 Å². The number of ether oxygens (including phenoxy) is 3. The number of nitrogens with one attached hydrogen (secondary N) is 2. The number of benzene rings is 2. The molecule has 16 heteroatoms. The Morgan fingerprint density at radius 1 is 1.06 bits per heavy atom. The molecule has 1 aliphatic rings. The highest BCUT2D eigenvalue weighted by atomic mass is 19.1. The number of piperidine rings is 1. The van der Waals surface area contributed by atoms with E-state index in [0.29, 0.717) is 54.2 Å². The van der Waals surface area contributed by atoms with Crippen molar-refractivity contribution in [3.63, 3.8) is 0 Å². The van der Waals surface area contributed by atoms with Gasteiger partial charge in [0, 0.05) is 66.6 Å². The van der Waals surface area contributed by atoms with Crippen LogP contribution in [0.4, 0.5) is 20.7 Å². The maximum Gasteiger partial charge on any atom is 0.342 e. The number of carbonyl (C=O) groups excluding carboxylic acids is 2. The molecule has 2 aromatic heterocycles. The van der Waals surface area contributed by atoms with Gasteiger partial charge < -0.3 is 29.7 Å². The molecule has 0 unspecified atom stereocenters. The van der Waals surface area contributed by atoms with E-state index in [4.69, 9.17) is 14.2 Å². The predicted octanol–water partition coefficient (Wildman–Crippen LogP) is 2.30. The fourth-order valence-electron chi connectivity index (χ4n) is 4.93. The molecule has 2 aromatic carbocycles. The topological polar surface area (TPSA) is 133 Å². The number of carbonyl (C=O) groups is 2. The van der Waals surface area contributed by atoms with Gasteiger partial charge in [0.25, 0.3) is 0 Å². The molecule has 5 rings (SSSR count). The zero-order valence-corrected chi connectivity index (χ0v) is 27.5. The first kappa shape index (κ1) is 33.4. The number of amides is 2. The zero-order valence-electron chi connectivity index (χ0n) is 27.5. The number of aromatic nitrogens is 4. The Balaban J connectivity index is 1.36. The molecule has 3 heterocycles. The number of fused-ring (bicyclic) bond motifs is 1. The van der Waals surface area contributed by atoms with Crippen molar-refractivity contribution in [1.29, 1.82) is 0 Å². The van der Waals surface area contributed by atoms with Crippen molar-refractivity contribution in [2.45, 2.75) is 50.6 Å². The molecule has 242 valence electrons. The van der Waals surface area contributed by atoms with E-state index in [9.17, 15) is 9.59 Å². The van der Waals surface area contributed by atoms with Crippen LogP contribution in [0.2, 0.25) is 0 Å². The van der Waals surface area contributed by atoms with Gasteiger partial charge in [-0.05, 0) is 45.0 Å². The molecule has 0 bridgehead atoms. The summed E-state index contributed by atoms with van der Waals surface area (Å²) < 4.78 is 34.9. The van der Waals surface area contributed by atoms with Gasteiger partial charge in [0.05, 0.1) is 11.2 Å². The Kier molecular flexibility index (Phi) is 9.50. The molecule has 0 aliphatic carbocycles. The number of nitrogens with zero attached hydrogens (tertiary/aromatic N) is 5. The second-order valence-corrected chi connectivity index (χ2v) is 13.2. The summed E-state index contributed by atoms with van der Waals surface area (Å²) in [7, 11) is 5.83. The molecule has 2 amide bonds. The summed E-state index contributed by atoms with van der Waals surface area (Å²) in [5.41, 5.74) is 0.296. The maximum absolute atomic E-state index is 15.4. The molecule has 0 atom stereocenters. The maximum atomic E-state index is 15.4. The number of rotatable bonds is 9. The monoisotopic (exact) mass is 639 g/mol. The Hall–Kier alpha value is -5.01. The number of anilines is 2. The second-order valence-electron chi connectivity index (χ2n) is 13.2.